The number of carbonyl (C=O) groups is 2. The van der Waals surface area contributed by atoms with Crippen LogP contribution in [0.5, 0.6) is 0 Å². The maximum Gasteiger partial charge on any atom is 0.416 e. The van der Waals surface area contributed by atoms with Crippen molar-refractivity contribution >= 4 is 23.2 Å². The lowest BCUT2D eigenvalue weighted by Crippen LogP contribution is -2.48. The van der Waals surface area contributed by atoms with Crippen LogP contribution in [0.1, 0.15) is 44.9 Å². The van der Waals surface area contributed by atoms with Crippen LogP contribution < -0.4 is 10.2 Å². The van der Waals surface area contributed by atoms with Crippen LogP contribution in [0, 0.1) is 0 Å². The molecule has 2 heterocycles. The topological polar surface area (TPSA) is 55.9 Å². The summed E-state index contributed by atoms with van der Waals surface area (Å²) in [5, 5.41) is 3.41. The van der Waals surface area contributed by atoms with E-state index in [1.54, 1.807) is 28.0 Å². The zero-order valence-electron chi connectivity index (χ0n) is 20.3. The molecule has 1 fully saturated rings. The molecule has 2 aliphatic rings. The Bertz CT molecular complexity index is 1300. The minimum Gasteiger partial charge on any atom is -0.368 e. The molecule has 0 bridgehead atoms. The first-order chi connectivity index (χ1) is 17.8. The summed E-state index contributed by atoms with van der Waals surface area (Å²) in [6, 6.07) is 20.0. The Kier molecular flexibility index (Phi) is 6.54. The largest absolute Gasteiger partial charge is 0.416 e. The van der Waals surface area contributed by atoms with Crippen LogP contribution in [-0.2, 0) is 6.18 Å². The third-order valence-corrected chi connectivity index (χ3v) is 6.94. The van der Waals surface area contributed by atoms with Gasteiger partial charge in [0.25, 0.3) is 11.8 Å². The first-order valence-corrected chi connectivity index (χ1v) is 12.2. The number of benzene rings is 3. The second-order valence-corrected chi connectivity index (χ2v) is 9.13. The highest BCUT2D eigenvalue weighted by Gasteiger charge is 2.35. The third kappa shape index (κ3) is 4.85. The summed E-state index contributed by atoms with van der Waals surface area (Å²) in [6.07, 6.45) is -4.67. The van der Waals surface area contributed by atoms with Crippen molar-refractivity contribution in [3.63, 3.8) is 0 Å². The molecular weight excluding hydrogens is 481 g/mol. The lowest BCUT2D eigenvalue weighted by Gasteiger charge is -2.36. The molecule has 5 rings (SSSR count). The average molecular weight is 509 g/mol. The van der Waals surface area contributed by atoms with Gasteiger partial charge in [0.15, 0.2) is 0 Å². The van der Waals surface area contributed by atoms with Gasteiger partial charge in [-0.05, 0) is 55.5 Å². The number of carbonyl (C=O) groups excluding carboxylic acids is 2. The van der Waals surface area contributed by atoms with E-state index in [1.165, 1.54) is 6.07 Å². The molecule has 192 valence electrons. The summed E-state index contributed by atoms with van der Waals surface area (Å²) in [5.74, 6) is -0.126. The molecule has 2 aliphatic heterocycles. The van der Waals surface area contributed by atoms with E-state index in [4.69, 9.17) is 0 Å². The lowest BCUT2D eigenvalue weighted by atomic mass is 10.1. The van der Waals surface area contributed by atoms with Gasteiger partial charge in [0.2, 0.25) is 0 Å². The van der Waals surface area contributed by atoms with Gasteiger partial charge < -0.3 is 20.0 Å². The van der Waals surface area contributed by atoms with Crippen molar-refractivity contribution in [2.75, 3.05) is 42.9 Å². The molecular formula is C28H27F3N4O2. The van der Waals surface area contributed by atoms with Gasteiger partial charge in [-0.3, -0.25) is 9.59 Å². The predicted molar refractivity (Wildman–Crippen MR) is 136 cm³/mol. The number of anilines is 2. The van der Waals surface area contributed by atoms with Gasteiger partial charge in [0, 0.05) is 60.8 Å². The number of halogens is 3. The fraction of sp³-hybridized carbons (Fsp3) is 0.286. The summed E-state index contributed by atoms with van der Waals surface area (Å²) in [4.78, 5) is 31.1. The quantitative estimate of drug-likeness (QED) is 0.511. The van der Waals surface area contributed by atoms with E-state index in [1.807, 2.05) is 48.2 Å². The summed E-state index contributed by atoms with van der Waals surface area (Å²) in [5.41, 5.74) is 2.77. The van der Waals surface area contributed by atoms with Gasteiger partial charge in [-0.15, -0.1) is 0 Å². The van der Waals surface area contributed by atoms with Crippen LogP contribution in [0.15, 0.2) is 72.8 Å². The highest BCUT2D eigenvalue weighted by molar-refractivity contribution is 5.99. The van der Waals surface area contributed by atoms with E-state index in [2.05, 4.69) is 5.32 Å². The van der Waals surface area contributed by atoms with E-state index in [0.29, 0.717) is 49.5 Å². The third-order valence-electron chi connectivity index (χ3n) is 6.94. The molecule has 2 amide bonds. The van der Waals surface area contributed by atoms with Crippen LogP contribution in [0.3, 0.4) is 0 Å². The number of nitrogens with zero attached hydrogens (tertiary/aromatic N) is 3. The SMILES string of the molecule is CCN1C(=O)c2ccccc2C1Nc1ccc(C(=O)N2CCN(c3cccc(C(F)(F)F)c3)CC2)cc1. The molecule has 1 saturated heterocycles. The second kappa shape index (κ2) is 9.80. The zero-order valence-corrected chi connectivity index (χ0v) is 20.3. The number of piperazine rings is 1. The molecule has 6 nitrogen and oxygen atoms in total. The van der Waals surface area contributed by atoms with Crippen LogP contribution in [0.2, 0.25) is 0 Å². The minimum absolute atomic E-state index is 0.00771. The van der Waals surface area contributed by atoms with Crippen molar-refractivity contribution in [3.8, 4) is 0 Å². The minimum atomic E-state index is -4.39. The molecule has 3 aromatic carbocycles. The number of amides is 2. The van der Waals surface area contributed by atoms with E-state index in [0.717, 1.165) is 23.4 Å². The van der Waals surface area contributed by atoms with Crippen LogP contribution in [-0.4, -0.2) is 54.3 Å². The zero-order chi connectivity index (χ0) is 26.2. The Morgan fingerprint density at radius 2 is 1.65 bits per heavy atom. The highest BCUT2D eigenvalue weighted by atomic mass is 19.4. The number of alkyl halides is 3. The smallest absolute Gasteiger partial charge is 0.368 e. The highest BCUT2D eigenvalue weighted by Crippen LogP contribution is 2.34. The molecule has 1 unspecified atom stereocenters. The Balaban J connectivity index is 1.22. The molecule has 1 atom stereocenters. The van der Waals surface area contributed by atoms with Gasteiger partial charge in [-0.25, -0.2) is 0 Å². The predicted octanol–water partition coefficient (Wildman–Crippen LogP) is 5.25. The van der Waals surface area contributed by atoms with E-state index in [9.17, 15) is 22.8 Å². The number of rotatable bonds is 5. The lowest BCUT2D eigenvalue weighted by molar-refractivity contribution is -0.137. The molecule has 0 radical (unpaired) electrons. The Hall–Kier alpha value is -4.01. The van der Waals surface area contributed by atoms with Crippen molar-refractivity contribution in [2.24, 2.45) is 0 Å². The van der Waals surface area contributed by atoms with Crippen molar-refractivity contribution in [3.05, 3.63) is 95.1 Å². The first-order valence-electron chi connectivity index (χ1n) is 12.2. The van der Waals surface area contributed by atoms with Gasteiger partial charge in [-0.2, -0.15) is 13.2 Å². The summed E-state index contributed by atoms with van der Waals surface area (Å²) in [7, 11) is 0. The number of hydrogen-bond donors (Lipinski definition) is 1. The normalized spacial score (nSPS) is 17.7. The van der Waals surface area contributed by atoms with Crippen molar-refractivity contribution < 1.29 is 22.8 Å². The van der Waals surface area contributed by atoms with Crippen molar-refractivity contribution in [1.29, 1.82) is 0 Å². The molecule has 0 spiro atoms. The molecule has 0 aliphatic carbocycles. The van der Waals surface area contributed by atoms with Crippen molar-refractivity contribution in [2.45, 2.75) is 19.3 Å². The van der Waals surface area contributed by atoms with Crippen molar-refractivity contribution in [1.82, 2.24) is 9.80 Å². The Morgan fingerprint density at radius 3 is 2.32 bits per heavy atom. The molecule has 1 N–H and O–H groups in total. The summed E-state index contributed by atoms with van der Waals surface area (Å²) in [6.45, 7) is 4.24. The molecule has 9 heteroatoms. The fourth-order valence-corrected chi connectivity index (χ4v) is 4.95. The van der Waals surface area contributed by atoms with Gasteiger partial charge >= 0.3 is 6.18 Å². The van der Waals surface area contributed by atoms with Crippen LogP contribution in [0.25, 0.3) is 0 Å². The van der Waals surface area contributed by atoms with E-state index in [-0.39, 0.29) is 18.0 Å². The fourth-order valence-electron chi connectivity index (χ4n) is 4.95. The number of hydrogen-bond acceptors (Lipinski definition) is 4. The monoisotopic (exact) mass is 508 g/mol. The Labute approximate surface area is 213 Å². The second-order valence-electron chi connectivity index (χ2n) is 9.13. The van der Waals surface area contributed by atoms with Gasteiger partial charge in [0.1, 0.15) is 6.17 Å². The number of fused-ring (bicyclic) bond motifs is 1. The van der Waals surface area contributed by atoms with Crippen LogP contribution in [0.4, 0.5) is 24.5 Å². The maximum atomic E-state index is 13.1. The maximum absolute atomic E-state index is 13.1. The van der Waals surface area contributed by atoms with Crippen LogP contribution >= 0.6 is 0 Å². The molecule has 3 aromatic rings. The van der Waals surface area contributed by atoms with Gasteiger partial charge in [-0.1, -0.05) is 24.3 Å². The Morgan fingerprint density at radius 1 is 0.946 bits per heavy atom. The van der Waals surface area contributed by atoms with E-state index >= 15 is 0 Å². The molecule has 37 heavy (non-hydrogen) atoms. The van der Waals surface area contributed by atoms with Gasteiger partial charge in [0.05, 0.1) is 5.56 Å². The first kappa shape index (κ1) is 24.7. The summed E-state index contributed by atoms with van der Waals surface area (Å²) >= 11 is 0. The summed E-state index contributed by atoms with van der Waals surface area (Å²) < 4.78 is 39.2. The average Bonchev–Trinajstić information content (AvgIpc) is 3.19. The number of nitrogens with one attached hydrogen (secondary N) is 1. The van der Waals surface area contributed by atoms with E-state index < -0.39 is 11.7 Å². The molecule has 0 saturated carbocycles. The standard InChI is InChI=1S/C28H27F3N4O2/c1-2-35-25(23-8-3-4-9-24(23)27(35)37)32-21-12-10-19(11-13-21)26(36)34-16-14-33(15-17-34)22-7-5-6-20(18-22)28(29,30)31/h3-13,18,25,32H,2,14-17H2,1H3. The molecule has 0 aromatic heterocycles.